The van der Waals surface area contributed by atoms with E-state index < -0.39 is 38.6 Å². The lowest BCUT2D eigenvalue weighted by Crippen LogP contribution is -2.37. The predicted octanol–water partition coefficient (Wildman–Crippen LogP) is 12.5. The summed E-state index contributed by atoms with van der Waals surface area (Å²) in [5.41, 5.74) is 0. The molecule has 10 nitrogen and oxygen atoms in total. The zero-order valence-corrected chi connectivity index (χ0v) is 39.9. The van der Waals surface area contributed by atoms with Gasteiger partial charge < -0.3 is 24.0 Å². The van der Waals surface area contributed by atoms with Gasteiger partial charge in [0.05, 0.1) is 33.9 Å². The van der Waals surface area contributed by atoms with Crippen LogP contribution in [0.5, 0.6) is 0 Å². The summed E-state index contributed by atoms with van der Waals surface area (Å²) in [4.78, 5) is 35.4. The van der Waals surface area contributed by atoms with Crippen molar-refractivity contribution in [3.63, 3.8) is 0 Å². The molecule has 0 bridgehead atoms. The molecule has 0 fully saturated rings. The molecule has 0 amide bonds. The Labute approximate surface area is 372 Å². The lowest BCUT2D eigenvalue weighted by atomic mass is 10.1. The average Bonchev–Trinajstić information content (AvgIpc) is 3.21. The highest BCUT2D eigenvalue weighted by Crippen LogP contribution is 2.43. The Balaban J connectivity index is 4.45. The Morgan fingerprint density at radius 1 is 0.607 bits per heavy atom. The van der Waals surface area contributed by atoms with Crippen LogP contribution in [0.4, 0.5) is 0 Å². The smallest absolute Gasteiger partial charge is 0.462 e. The molecule has 0 rings (SSSR count). The molecule has 0 aromatic carbocycles. The zero-order valence-electron chi connectivity index (χ0n) is 39.0. The van der Waals surface area contributed by atoms with Gasteiger partial charge in [0, 0.05) is 12.8 Å². The van der Waals surface area contributed by atoms with Gasteiger partial charge in [-0.15, -0.1) is 0 Å². The van der Waals surface area contributed by atoms with E-state index in [4.69, 9.17) is 18.5 Å². The number of allylic oxidation sites excluding steroid dienone is 12. The average molecular weight is 877 g/mol. The molecule has 0 saturated heterocycles. The summed E-state index contributed by atoms with van der Waals surface area (Å²) < 4.78 is 34.3. The molecule has 2 N–H and O–H groups in total. The van der Waals surface area contributed by atoms with E-state index in [0.717, 1.165) is 51.4 Å². The van der Waals surface area contributed by atoms with Crippen molar-refractivity contribution in [2.24, 2.45) is 0 Å². The van der Waals surface area contributed by atoms with E-state index in [0.29, 0.717) is 36.7 Å². The summed E-state index contributed by atoms with van der Waals surface area (Å²) in [6.45, 7) is 4.06. The van der Waals surface area contributed by atoms with Gasteiger partial charge in [-0.2, -0.15) is 0 Å². The third kappa shape index (κ3) is 45.0. The van der Waals surface area contributed by atoms with Crippen molar-refractivity contribution in [1.29, 1.82) is 0 Å². The zero-order chi connectivity index (χ0) is 45.1. The molecule has 3 atom stereocenters. The maximum atomic E-state index is 12.7. The second kappa shape index (κ2) is 41.2. The van der Waals surface area contributed by atoms with Crippen molar-refractivity contribution < 1.29 is 47.2 Å². The van der Waals surface area contributed by atoms with Crippen molar-refractivity contribution >= 4 is 19.8 Å². The number of likely N-dealkylation sites (N-methyl/N-ethyl adjacent to an activating group) is 1. The summed E-state index contributed by atoms with van der Waals surface area (Å²) in [6.07, 6.45) is 49.8. The lowest BCUT2D eigenvalue weighted by molar-refractivity contribution is -0.870. The number of aliphatic hydroxyl groups is 1. The van der Waals surface area contributed by atoms with Crippen LogP contribution in [0.3, 0.4) is 0 Å². The summed E-state index contributed by atoms with van der Waals surface area (Å²) >= 11 is 0. The number of phosphoric acid groups is 1. The van der Waals surface area contributed by atoms with Gasteiger partial charge in [0.25, 0.3) is 0 Å². The topological polar surface area (TPSA) is 129 Å². The number of ether oxygens (including phenoxy) is 2. The van der Waals surface area contributed by atoms with E-state index in [1.54, 1.807) is 0 Å². The summed E-state index contributed by atoms with van der Waals surface area (Å²) in [6, 6.07) is 0. The van der Waals surface area contributed by atoms with Crippen LogP contribution in [-0.4, -0.2) is 86.1 Å². The van der Waals surface area contributed by atoms with Gasteiger partial charge in [-0.1, -0.05) is 157 Å². The van der Waals surface area contributed by atoms with E-state index in [9.17, 15) is 24.2 Å². The molecule has 0 spiro atoms. The van der Waals surface area contributed by atoms with E-state index in [1.165, 1.54) is 57.8 Å². The highest BCUT2D eigenvalue weighted by atomic mass is 31.2. The predicted molar refractivity (Wildman–Crippen MR) is 253 cm³/mol. The van der Waals surface area contributed by atoms with Crippen molar-refractivity contribution in [1.82, 2.24) is 0 Å². The molecule has 0 saturated carbocycles. The number of carbonyl (C=O) groups excluding carboxylic acids is 2. The Kier molecular flexibility index (Phi) is 39.3. The maximum Gasteiger partial charge on any atom is 0.472 e. The van der Waals surface area contributed by atoms with Crippen molar-refractivity contribution in [3.8, 4) is 0 Å². The summed E-state index contributed by atoms with van der Waals surface area (Å²) in [7, 11) is 1.40. The van der Waals surface area contributed by atoms with Crippen LogP contribution >= 0.6 is 7.82 Å². The SMILES string of the molecule is CC/C=C\C(O)C/C=C/C=C\C/C=C\C/C=C\CCCC(=O)O[C@H](COC(=O)CCCCCCCCCCC/C=C\C/C=C\CCCCC)COP(=O)(O)OCC[N+](C)(C)C. The molecule has 0 aromatic rings. The highest BCUT2D eigenvalue weighted by Gasteiger charge is 2.27. The lowest BCUT2D eigenvalue weighted by Gasteiger charge is -2.24. The normalized spacial score (nSPS) is 14.8. The van der Waals surface area contributed by atoms with Gasteiger partial charge in [-0.3, -0.25) is 18.6 Å². The Morgan fingerprint density at radius 3 is 1.74 bits per heavy atom. The number of nitrogens with zero attached hydrogens (tertiary/aromatic N) is 1. The molecule has 0 aromatic heterocycles. The van der Waals surface area contributed by atoms with Crippen LogP contribution in [0, 0.1) is 0 Å². The van der Waals surface area contributed by atoms with Crippen LogP contribution in [0.2, 0.25) is 0 Å². The maximum absolute atomic E-state index is 12.7. The number of esters is 2. The number of aliphatic hydroxyl groups excluding tert-OH is 1. The van der Waals surface area contributed by atoms with Crippen LogP contribution in [0.1, 0.15) is 162 Å². The molecule has 11 heteroatoms. The van der Waals surface area contributed by atoms with Gasteiger partial charge in [-0.25, -0.2) is 4.57 Å². The van der Waals surface area contributed by atoms with Crippen LogP contribution in [0.25, 0.3) is 0 Å². The Bertz CT molecular complexity index is 1330. The Hall–Kier alpha value is -2.85. The first kappa shape index (κ1) is 58.1. The fourth-order valence-corrected chi connectivity index (χ4v) is 6.55. The third-order valence-corrected chi connectivity index (χ3v) is 10.5. The first-order valence-electron chi connectivity index (χ1n) is 23.4. The number of phosphoric ester groups is 1. The van der Waals surface area contributed by atoms with Crippen molar-refractivity contribution in [2.75, 3.05) is 47.5 Å². The molecule has 0 aliphatic carbocycles. The molecule has 0 aliphatic rings. The third-order valence-electron chi connectivity index (χ3n) is 9.48. The molecule has 0 aliphatic heterocycles. The number of carbonyl (C=O) groups is 2. The molecule has 2 unspecified atom stereocenters. The van der Waals surface area contributed by atoms with E-state index in [-0.39, 0.29) is 26.1 Å². The van der Waals surface area contributed by atoms with Crippen LogP contribution in [0.15, 0.2) is 85.1 Å². The van der Waals surface area contributed by atoms with Crippen molar-refractivity contribution in [3.05, 3.63) is 85.1 Å². The Morgan fingerprint density at radius 2 is 1.13 bits per heavy atom. The number of hydrogen-bond donors (Lipinski definition) is 2. The molecule has 0 radical (unpaired) electrons. The molecular weight excluding hydrogens is 790 g/mol. The largest absolute Gasteiger partial charge is 0.472 e. The van der Waals surface area contributed by atoms with Gasteiger partial charge in [-0.05, 0) is 77.0 Å². The highest BCUT2D eigenvalue weighted by molar-refractivity contribution is 7.47. The fraction of sp³-hybridized carbons (Fsp3) is 0.680. The van der Waals surface area contributed by atoms with Gasteiger partial charge in [0.15, 0.2) is 6.10 Å². The number of unbranched alkanes of at least 4 members (excludes halogenated alkanes) is 13. The number of quaternary nitrogens is 1. The minimum atomic E-state index is -4.41. The van der Waals surface area contributed by atoms with Crippen LogP contribution < -0.4 is 0 Å². The molecule has 0 heterocycles. The first-order valence-corrected chi connectivity index (χ1v) is 24.9. The minimum Gasteiger partial charge on any atom is -0.462 e. The minimum absolute atomic E-state index is 0.00825. The second-order valence-corrected chi connectivity index (χ2v) is 18.1. The van der Waals surface area contributed by atoms with Crippen molar-refractivity contribution in [2.45, 2.75) is 174 Å². The number of hydrogen-bond acceptors (Lipinski definition) is 8. The van der Waals surface area contributed by atoms with Crippen LogP contribution in [-0.2, 0) is 32.7 Å². The fourth-order valence-electron chi connectivity index (χ4n) is 5.80. The van der Waals surface area contributed by atoms with E-state index >= 15 is 0 Å². The molecular formula is C50H87NO9P+. The number of rotatable bonds is 41. The van der Waals surface area contributed by atoms with Gasteiger partial charge >= 0.3 is 19.8 Å². The van der Waals surface area contributed by atoms with E-state index in [1.807, 2.05) is 70.6 Å². The second-order valence-electron chi connectivity index (χ2n) is 16.6. The summed E-state index contributed by atoms with van der Waals surface area (Å²) in [5.74, 6) is -0.902. The van der Waals surface area contributed by atoms with E-state index in [2.05, 4.69) is 49.5 Å². The monoisotopic (exact) mass is 877 g/mol. The standard InChI is InChI=1S/C50H86NO9P/c1-6-8-10-11-12-13-14-15-16-17-18-19-20-21-25-28-31-34-37-41-49(53)57-45-48(46-59-61(55,56)58-44-43-51(3,4)5)60-50(54)42-38-35-32-29-26-23-22-24-27-30-33-36-40-47(52)39-9-7-2/h9,12-13,15-16,22-23,27,29-30,32-33,36,39,47-48,52H,6-8,10-11,14,17-21,24-26,28,31,34-35,37-38,40-46H2,1-5H3/p+1/b13-12-,16-15-,23-22-,30-27-,32-29-,36-33+,39-9-/t47?,48-/m1/s1. The first-order chi connectivity index (χ1) is 29.4. The van der Waals surface area contributed by atoms with Gasteiger partial charge in [0.1, 0.15) is 19.8 Å². The van der Waals surface area contributed by atoms with Gasteiger partial charge in [0.2, 0.25) is 0 Å². The summed E-state index contributed by atoms with van der Waals surface area (Å²) in [5, 5.41) is 9.78. The molecule has 61 heavy (non-hydrogen) atoms. The quantitative estimate of drug-likeness (QED) is 0.0154. The molecule has 350 valence electrons.